The second kappa shape index (κ2) is 11.0. The maximum atomic E-state index is 13.6. The number of anilines is 1. The molecule has 38 heavy (non-hydrogen) atoms. The number of carbonyl (C=O) groups is 1. The van der Waals surface area contributed by atoms with E-state index in [0.717, 1.165) is 38.0 Å². The summed E-state index contributed by atoms with van der Waals surface area (Å²) in [5.74, 6) is 1.47. The number of fused-ring (bicyclic) bond motifs is 1. The molecule has 0 unspecified atom stereocenters. The number of aryl methyl sites for hydroxylation is 1. The average molecular weight is 591 g/mol. The van der Waals surface area contributed by atoms with E-state index in [2.05, 4.69) is 38.8 Å². The van der Waals surface area contributed by atoms with E-state index in [4.69, 9.17) is 21.7 Å². The zero-order valence-electron chi connectivity index (χ0n) is 21.5. The van der Waals surface area contributed by atoms with Gasteiger partial charge in [-0.3, -0.25) is 9.69 Å². The first kappa shape index (κ1) is 26.0. The fraction of sp³-hybridized carbons (Fsp3) is 0.200. The van der Waals surface area contributed by atoms with Crippen molar-refractivity contribution in [2.45, 2.75) is 20.4 Å². The minimum Gasteiger partial charge on any atom is -0.494 e. The summed E-state index contributed by atoms with van der Waals surface area (Å²) in [6.45, 7) is 5.74. The van der Waals surface area contributed by atoms with Gasteiger partial charge < -0.3 is 18.9 Å². The van der Waals surface area contributed by atoms with Crippen LogP contribution in [0.2, 0.25) is 0 Å². The van der Waals surface area contributed by atoms with Crippen LogP contribution in [0.25, 0.3) is 17.0 Å². The van der Waals surface area contributed by atoms with E-state index >= 15 is 0 Å². The molecular formula is C30H28BrN3O3S. The summed E-state index contributed by atoms with van der Waals surface area (Å²) in [6.07, 6.45) is 3.98. The summed E-state index contributed by atoms with van der Waals surface area (Å²) >= 11 is 9.26. The highest BCUT2D eigenvalue weighted by Crippen LogP contribution is 2.32. The van der Waals surface area contributed by atoms with Crippen LogP contribution in [-0.2, 0) is 11.3 Å². The molecule has 6 nitrogen and oxygen atoms in total. The molecule has 8 heteroatoms. The van der Waals surface area contributed by atoms with Crippen LogP contribution in [-0.4, -0.2) is 40.7 Å². The van der Waals surface area contributed by atoms with Crippen LogP contribution in [0.15, 0.2) is 83.1 Å². The minimum atomic E-state index is -0.166. The quantitative estimate of drug-likeness (QED) is 0.167. The summed E-state index contributed by atoms with van der Waals surface area (Å²) in [4.78, 5) is 16.9. The number of hydrogen-bond acceptors (Lipinski definition) is 4. The van der Waals surface area contributed by atoms with Crippen molar-refractivity contribution in [3.63, 3.8) is 0 Å². The lowest BCUT2D eigenvalue weighted by Gasteiger charge is -2.16. The maximum absolute atomic E-state index is 13.6. The molecule has 0 N–H and O–H groups in total. The zero-order chi connectivity index (χ0) is 26.8. The van der Waals surface area contributed by atoms with Crippen LogP contribution in [0.1, 0.15) is 18.1 Å². The standard InChI is InChI=1S/C30H28BrN3O3S/c1-4-36-24-12-10-23(11-13-24)34-29(35)27(32(3)30(34)38)17-21-19-33(26-14-9-22(31)18-25(21)26)15-16-37-28-8-6-5-7-20(28)2/h5-14,17-19H,4,15-16H2,1-3H3/b27-17-. The number of carbonyl (C=O) groups excluding carboxylic acids is 1. The predicted molar refractivity (Wildman–Crippen MR) is 160 cm³/mol. The molecule has 194 valence electrons. The van der Waals surface area contributed by atoms with Gasteiger partial charge in [-0.15, -0.1) is 0 Å². The highest BCUT2D eigenvalue weighted by atomic mass is 79.9. The van der Waals surface area contributed by atoms with Crippen molar-refractivity contribution in [2.24, 2.45) is 0 Å². The average Bonchev–Trinajstić information content (AvgIpc) is 3.35. The fourth-order valence-electron chi connectivity index (χ4n) is 4.56. The Morgan fingerprint density at radius 2 is 1.79 bits per heavy atom. The number of aromatic nitrogens is 1. The van der Waals surface area contributed by atoms with Gasteiger partial charge in [0.25, 0.3) is 5.91 Å². The molecule has 1 aliphatic heterocycles. The summed E-state index contributed by atoms with van der Waals surface area (Å²) in [5.41, 5.74) is 4.32. The molecule has 0 spiro atoms. The molecule has 1 aliphatic rings. The van der Waals surface area contributed by atoms with Crippen molar-refractivity contribution in [1.82, 2.24) is 9.47 Å². The first-order valence-electron chi connectivity index (χ1n) is 12.4. The van der Waals surface area contributed by atoms with E-state index in [-0.39, 0.29) is 5.91 Å². The number of likely N-dealkylation sites (N-methyl/N-ethyl adjacent to an activating group) is 1. The Balaban J connectivity index is 1.44. The molecule has 1 amide bonds. The van der Waals surface area contributed by atoms with Crippen molar-refractivity contribution >= 4 is 61.8 Å². The number of benzene rings is 3. The van der Waals surface area contributed by atoms with E-state index in [9.17, 15) is 4.79 Å². The van der Waals surface area contributed by atoms with Crippen molar-refractivity contribution in [1.29, 1.82) is 0 Å². The SMILES string of the molecule is CCOc1ccc(N2C(=O)/C(=C/c3cn(CCOc4ccccc4C)c4ccc(Br)cc34)N(C)C2=S)cc1. The molecule has 1 saturated heterocycles. The third-order valence-corrected chi connectivity index (χ3v) is 7.47. The van der Waals surface area contributed by atoms with E-state index in [1.165, 1.54) is 0 Å². The fourth-order valence-corrected chi connectivity index (χ4v) is 5.21. The highest BCUT2D eigenvalue weighted by molar-refractivity contribution is 9.10. The zero-order valence-corrected chi connectivity index (χ0v) is 23.9. The Morgan fingerprint density at radius 1 is 1.03 bits per heavy atom. The Morgan fingerprint density at radius 3 is 2.53 bits per heavy atom. The van der Waals surface area contributed by atoms with E-state index in [1.54, 1.807) is 9.80 Å². The highest BCUT2D eigenvalue weighted by Gasteiger charge is 2.37. The first-order chi connectivity index (χ1) is 18.4. The largest absolute Gasteiger partial charge is 0.494 e. The third kappa shape index (κ3) is 5.06. The van der Waals surface area contributed by atoms with Crippen molar-refractivity contribution < 1.29 is 14.3 Å². The number of hydrogen-bond donors (Lipinski definition) is 0. The van der Waals surface area contributed by atoms with Crippen LogP contribution in [0.4, 0.5) is 5.69 Å². The van der Waals surface area contributed by atoms with Gasteiger partial charge in [0.2, 0.25) is 0 Å². The first-order valence-corrected chi connectivity index (χ1v) is 13.6. The van der Waals surface area contributed by atoms with E-state index in [0.29, 0.717) is 36.3 Å². The van der Waals surface area contributed by atoms with Crippen LogP contribution >= 0.6 is 28.1 Å². The maximum Gasteiger partial charge on any atom is 0.281 e. The second-order valence-electron chi connectivity index (χ2n) is 8.99. The second-order valence-corrected chi connectivity index (χ2v) is 10.3. The number of rotatable bonds is 8. The van der Waals surface area contributed by atoms with Gasteiger partial charge in [-0.05, 0) is 86.2 Å². The lowest BCUT2D eigenvalue weighted by atomic mass is 10.1. The van der Waals surface area contributed by atoms with Crippen LogP contribution in [0.5, 0.6) is 11.5 Å². The Kier molecular flexibility index (Phi) is 7.53. The summed E-state index contributed by atoms with van der Waals surface area (Å²) in [7, 11) is 1.83. The predicted octanol–water partition coefficient (Wildman–Crippen LogP) is 6.79. The van der Waals surface area contributed by atoms with Gasteiger partial charge in [-0.2, -0.15) is 0 Å². The number of halogens is 1. The minimum absolute atomic E-state index is 0.166. The molecule has 5 rings (SSSR count). The number of thiocarbonyl (C=S) groups is 1. The Bertz CT molecular complexity index is 1540. The molecule has 0 radical (unpaired) electrons. The Labute approximate surface area is 236 Å². The number of ether oxygens (including phenoxy) is 2. The van der Waals surface area contributed by atoms with Gasteiger partial charge in [0, 0.05) is 34.2 Å². The molecule has 2 heterocycles. The molecule has 1 aromatic heterocycles. The van der Waals surface area contributed by atoms with Crippen LogP contribution in [0.3, 0.4) is 0 Å². The van der Waals surface area contributed by atoms with Crippen LogP contribution in [0, 0.1) is 6.92 Å². The monoisotopic (exact) mass is 589 g/mol. The topological polar surface area (TPSA) is 46.9 Å². The van der Waals surface area contributed by atoms with Crippen molar-refractivity contribution in [2.75, 3.05) is 25.2 Å². The Hall–Kier alpha value is -3.62. The van der Waals surface area contributed by atoms with E-state index in [1.807, 2.05) is 81.6 Å². The van der Waals surface area contributed by atoms with Gasteiger partial charge in [0.05, 0.1) is 18.8 Å². The molecule has 0 atom stereocenters. The molecule has 0 saturated carbocycles. The molecule has 1 fully saturated rings. The van der Waals surface area contributed by atoms with Crippen LogP contribution < -0.4 is 14.4 Å². The third-order valence-electron chi connectivity index (χ3n) is 6.52. The normalized spacial score (nSPS) is 14.7. The molecule has 0 bridgehead atoms. The van der Waals surface area contributed by atoms with Gasteiger partial charge in [-0.25, -0.2) is 0 Å². The van der Waals surface area contributed by atoms with Gasteiger partial charge in [-0.1, -0.05) is 34.1 Å². The molecule has 0 aliphatic carbocycles. The number of nitrogens with zero attached hydrogens (tertiary/aromatic N) is 3. The summed E-state index contributed by atoms with van der Waals surface area (Å²) in [6, 6.07) is 21.6. The lowest BCUT2D eigenvalue weighted by Crippen LogP contribution is -2.31. The molecule has 4 aromatic rings. The summed E-state index contributed by atoms with van der Waals surface area (Å²) in [5, 5.41) is 1.47. The van der Waals surface area contributed by atoms with Crippen molar-refractivity contribution in [3.8, 4) is 11.5 Å². The van der Waals surface area contributed by atoms with E-state index < -0.39 is 0 Å². The number of amides is 1. The molecule has 3 aromatic carbocycles. The molecular weight excluding hydrogens is 562 g/mol. The smallest absolute Gasteiger partial charge is 0.281 e. The van der Waals surface area contributed by atoms with Crippen molar-refractivity contribution in [3.05, 3.63) is 94.2 Å². The number of para-hydroxylation sites is 1. The summed E-state index contributed by atoms with van der Waals surface area (Å²) < 4.78 is 14.7. The van der Waals surface area contributed by atoms with Gasteiger partial charge >= 0.3 is 0 Å². The van der Waals surface area contributed by atoms with Gasteiger partial charge in [0.1, 0.15) is 23.8 Å². The van der Waals surface area contributed by atoms with Gasteiger partial charge in [0.15, 0.2) is 5.11 Å². The lowest BCUT2D eigenvalue weighted by molar-refractivity contribution is -0.114.